The minimum absolute atomic E-state index is 0.360. The molecular formula is C11H13NO5. The summed E-state index contributed by atoms with van der Waals surface area (Å²) in [5.41, 5.74) is 0.360. The van der Waals surface area contributed by atoms with Crippen molar-refractivity contribution in [3.05, 3.63) is 29.8 Å². The van der Waals surface area contributed by atoms with E-state index in [0.717, 1.165) is 5.06 Å². The zero-order valence-electron chi connectivity index (χ0n) is 9.80. The molecule has 1 aromatic rings. The highest BCUT2D eigenvalue weighted by Crippen LogP contribution is 2.14. The molecule has 0 radical (unpaired) electrons. The van der Waals surface area contributed by atoms with E-state index in [9.17, 15) is 9.59 Å². The van der Waals surface area contributed by atoms with Crippen molar-refractivity contribution in [3.63, 3.8) is 0 Å². The Kier molecular flexibility index (Phi) is 4.47. The van der Waals surface area contributed by atoms with E-state index in [-0.39, 0.29) is 0 Å². The third kappa shape index (κ3) is 3.76. The molecule has 1 amide bonds. The first-order valence-electron chi connectivity index (χ1n) is 4.82. The molecule has 0 spiro atoms. The second-order valence-electron chi connectivity index (χ2n) is 3.18. The number of rotatable bonds is 4. The first-order valence-corrected chi connectivity index (χ1v) is 4.82. The molecule has 0 N–H and O–H groups in total. The Labute approximate surface area is 98.6 Å². The van der Waals surface area contributed by atoms with Crippen LogP contribution in [0.15, 0.2) is 24.3 Å². The number of carbonyl (C=O) groups excluding carboxylic acids is 2. The quantitative estimate of drug-likeness (QED) is 0.583. The maximum absolute atomic E-state index is 11.8. The number of hydrogen-bond acceptors (Lipinski definition) is 5. The molecule has 92 valence electrons. The van der Waals surface area contributed by atoms with E-state index < -0.39 is 11.9 Å². The topological polar surface area (TPSA) is 65.1 Å². The number of nitrogens with zero attached hydrogens (tertiary/aromatic N) is 1. The molecule has 0 aromatic heterocycles. The van der Waals surface area contributed by atoms with Gasteiger partial charge in [0.25, 0.3) is 5.91 Å². The van der Waals surface area contributed by atoms with E-state index >= 15 is 0 Å². The fourth-order valence-corrected chi connectivity index (χ4v) is 1.08. The molecule has 0 fully saturated rings. The molecule has 0 unspecified atom stereocenters. The fraction of sp³-hybridized carbons (Fsp3) is 0.273. The Bertz CT molecular complexity index is 418. The van der Waals surface area contributed by atoms with Gasteiger partial charge in [0, 0.05) is 19.5 Å². The summed E-state index contributed by atoms with van der Waals surface area (Å²) in [4.78, 5) is 31.0. The van der Waals surface area contributed by atoms with Crippen molar-refractivity contribution in [2.45, 2.75) is 6.92 Å². The fourth-order valence-electron chi connectivity index (χ4n) is 1.08. The van der Waals surface area contributed by atoms with Crippen LogP contribution in [0.1, 0.15) is 17.3 Å². The van der Waals surface area contributed by atoms with Gasteiger partial charge < -0.3 is 4.74 Å². The predicted molar refractivity (Wildman–Crippen MR) is 57.9 cm³/mol. The predicted octanol–water partition coefficient (Wildman–Crippen LogP) is 1.18. The average Bonchev–Trinajstić information content (AvgIpc) is 2.35. The van der Waals surface area contributed by atoms with Gasteiger partial charge in [-0.05, 0) is 18.2 Å². The Morgan fingerprint density at radius 1 is 1.29 bits per heavy atom. The van der Waals surface area contributed by atoms with Crippen LogP contribution in [0.5, 0.6) is 5.75 Å². The largest absolute Gasteiger partial charge is 0.497 e. The lowest BCUT2D eigenvalue weighted by atomic mass is 10.2. The van der Waals surface area contributed by atoms with Gasteiger partial charge in [-0.1, -0.05) is 11.1 Å². The Balaban J connectivity index is 2.70. The van der Waals surface area contributed by atoms with Crippen molar-refractivity contribution < 1.29 is 24.2 Å². The van der Waals surface area contributed by atoms with E-state index in [0.29, 0.717) is 11.3 Å². The van der Waals surface area contributed by atoms with Gasteiger partial charge in [0.1, 0.15) is 5.75 Å². The monoisotopic (exact) mass is 239 g/mol. The van der Waals surface area contributed by atoms with E-state index in [1.54, 1.807) is 24.3 Å². The molecule has 1 rings (SSSR count). The summed E-state index contributed by atoms with van der Waals surface area (Å²) in [6, 6.07) is 6.53. The number of methoxy groups -OCH3 is 1. The maximum atomic E-state index is 11.8. The van der Waals surface area contributed by atoms with Crippen molar-refractivity contribution in [2.75, 3.05) is 14.2 Å². The van der Waals surface area contributed by atoms with Crippen LogP contribution in [-0.4, -0.2) is 31.1 Å². The van der Waals surface area contributed by atoms with E-state index in [1.807, 2.05) is 0 Å². The SMILES string of the molecule is COc1cccc(C(=O)N(C)OOC(C)=O)c1. The lowest BCUT2D eigenvalue weighted by Gasteiger charge is -2.13. The van der Waals surface area contributed by atoms with Gasteiger partial charge in [0.15, 0.2) is 0 Å². The normalized spacial score (nSPS) is 9.59. The number of carbonyl (C=O) groups is 2. The molecule has 0 saturated carbocycles. The van der Waals surface area contributed by atoms with Crippen molar-refractivity contribution in [1.82, 2.24) is 5.06 Å². The summed E-state index contributed by atoms with van der Waals surface area (Å²) in [7, 11) is 2.84. The summed E-state index contributed by atoms with van der Waals surface area (Å²) in [5, 5.41) is 0.816. The highest BCUT2D eigenvalue weighted by molar-refractivity contribution is 5.93. The van der Waals surface area contributed by atoms with E-state index in [1.165, 1.54) is 21.1 Å². The van der Waals surface area contributed by atoms with Crippen molar-refractivity contribution in [1.29, 1.82) is 0 Å². The highest BCUT2D eigenvalue weighted by Gasteiger charge is 2.14. The van der Waals surface area contributed by atoms with Crippen molar-refractivity contribution >= 4 is 11.9 Å². The van der Waals surface area contributed by atoms with Crippen LogP contribution in [0.3, 0.4) is 0 Å². The molecule has 6 heteroatoms. The van der Waals surface area contributed by atoms with Crippen LogP contribution in [0.25, 0.3) is 0 Å². The molecule has 0 atom stereocenters. The molecule has 17 heavy (non-hydrogen) atoms. The van der Waals surface area contributed by atoms with Gasteiger partial charge in [-0.3, -0.25) is 9.68 Å². The highest BCUT2D eigenvalue weighted by atomic mass is 17.3. The Hall–Kier alpha value is -2.08. The third-order valence-electron chi connectivity index (χ3n) is 1.87. The molecule has 0 aliphatic rings. The summed E-state index contributed by atoms with van der Waals surface area (Å²) in [5.74, 6) is -0.544. The molecular weight excluding hydrogens is 226 g/mol. The van der Waals surface area contributed by atoms with Crippen molar-refractivity contribution in [2.24, 2.45) is 0 Å². The van der Waals surface area contributed by atoms with Crippen molar-refractivity contribution in [3.8, 4) is 5.75 Å². The van der Waals surface area contributed by atoms with Crippen LogP contribution in [-0.2, 0) is 14.7 Å². The number of benzene rings is 1. The number of hydroxylamine groups is 2. The number of amides is 1. The van der Waals surface area contributed by atoms with Crippen LogP contribution in [0.2, 0.25) is 0 Å². The molecule has 0 aliphatic carbocycles. The summed E-state index contributed by atoms with van der Waals surface area (Å²) < 4.78 is 4.99. The lowest BCUT2D eigenvalue weighted by molar-refractivity contribution is -0.367. The molecule has 0 saturated heterocycles. The van der Waals surface area contributed by atoms with E-state index in [2.05, 4.69) is 9.88 Å². The van der Waals surface area contributed by atoms with Crippen LogP contribution in [0.4, 0.5) is 0 Å². The average molecular weight is 239 g/mol. The van der Waals surface area contributed by atoms with Crippen LogP contribution in [0, 0.1) is 0 Å². The van der Waals surface area contributed by atoms with Gasteiger partial charge >= 0.3 is 5.97 Å². The molecule has 1 aromatic carbocycles. The Morgan fingerprint density at radius 3 is 2.59 bits per heavy atom. The molecule has 0 bridgehead atoms. The van der Waals surface area contributed by atoms with Gasteiger partial charge in [0.05, 0.1) is 7.11 Å². The third-order valence-corrected chi connectivity index (χ3v) is 1.87. The minimum atomic E-state index is -0.643. The van der Waals surface area contributed by atoms with Crippen LogP contribution < -0.4 is 4.74 Å². The standard InChI is InChI=1S/C11H13NO5/c1-8(13)16-17-12(2)11(14)9-5-4-6-10(7-9)15-3/h4-7H,1-3H3. The second-order valence-corrected chi connectivity index (χ2v) is 3.18. The van der Waals surface area contributed by atoms with E-state index in [4.69, 9.17) is 4.74 Å². The zero-order valence-corrected chi connectivity index (χ0v) is 9.80. The molecule has 0 aliphatic heterocycles. The first kappa shape index (κ1) is 13.0. The van der Waals surface area contributed by atoms with Gasteiger partial charge in [-0.2, -0.15) is 5.06 Å². The zero-order chi connectivity index (χ0) is 12.8. The van der Waals surface area contributed by atoms with Gasteiger partial charge in [-0.15, -0.1) is 0 Å². The van der Waals surface area contributed by atoms with Gasteiger partial charge in [0.2, 0.25) is 0 Å². The number of ether oxygens (including phenoxy) is 1. The lowest BCUT2D eigenvalue weighted by Crippen LogP contribution is -2.27. The van der Waals surface area contributed by atoms with Crippen LogP contribution >= 0.6 is 0 Å². The van der Waals surface area contributed by atoms with Gasteiger partial charge in [-0.25, -0.2) is 4.79 Å². The molecule has 0 heterocycles. The summed E-state index contributed by atoms with van der Waals surface area (Å²) in [6.07, 6.45) is 0. The summed E-state index contributed by atoms with van der Waals surface area (Å²) >= 11 is 0. The number of hydrogen-bond donors (Lipinski definition) is 0. The Morgan fingerprint density at radius 2 is 2.00 bits per heavy atom. The summed E-state index contributed by atoms with van der Waals surface area (Å²) in [6.45, 7) is 1.17. The first-order chi connectivity index (χ1) is 8.04. The maximum Gasteiger partial charge on any atom is 0.342 e. The second kappa shape index (κ2) is 5.86. The molecule has 6 nitrogen and oxygen atoms in total. The smallest absolute Gasteiger partial charge is 0.342 e. The minimum Gasteiger partial charge on any atom is -0.497 e.